The minimum Gasteiger partial charge on any atom is -0.268 e. The molecule has 3 heterocycles. The molecule has 1 aliphatic rings. The Labute approximate surface area is 158 Å². The third-order valence-corrected chi connectivity index (χ3v) is 6.94. The van der Waals surface area contributed by atoms with Crippen LogP contribution in [0.2, 0.25) is 0 Å². The Morgan fingerprint density at radius 2 is 1.88 bits per heavy atom. The number of fused-ring (bicyclic) bond motifs is 5. The first kappa shape index (κ1) is 16.1. The SMILES string of the molecule is CSc1nnc2n(-c3ccccc3)c(=O)c3c4c(sc3n12)CCCCC4. The van der Waals surface area contributed by atoms with Crippen LogP contribution in [0.3, 0.4) is 0 Å². The number of aromatic nitrogens is 4. The van der Waals surface area contributed by atoms with E-state index in [9.17, 15) is 4.79 Å². The summed E-state index contributed by atoms with van der Waals surface area (Å²) >= 11 is 3.31. The fourth-order valence-electron chi connectivity index (χ4n) is 3.84. The summed E-state index contributed by atoms with van der Waals surface area (Å²) in [5, 5.41) is 10.4. The maximum atomic E-state index is 13.6. The molecular weight excluding hydrogens is 364 g/mol. The smallest absolute Gasteiger partial charge is 0.268 e. The van der Waals surface area contributed by atoms with Gasteiger partial charge in [0.15, 0.2) is 5.16 Å². The third kappa shape index (κ3) is 2.27. The number of thiophene rings is 1. The number of hydrogen-bond acceptors (Lipinski definition) is 5. The highest BCUT2D eigenvalue weighted by atomic mass is 32.2. The molecule has 0 fully saturated rings. The van der Waals surface area contributed by atoms with Crippen LogP contribution in [0.25, 0.3) is 21.7 Å². The minimum absolute atomic E-state index is 0.0261. The molecule has 0 amide bonds. The van der Waals surface area contributed by atoms with Crippen molar-refractivity contribution in [3.63, 3.8) is 0 Å². The molecule has 5 nitrogen and oxygen atoms in total. The number of benzene rings is 1. The van der Waals surface area contributed by atoms with Crippen LogP contribution in [0.1, 0.15) is 29.7 Å². The van der Waals surface area contributed by atoms with Crippen LogP contribution in [0.4, 0.5) is 0 Å². The van der Waals surface area contributed by atoms with Crippen LogP contribution in [-0.2, 0) is 12.8 Å². The van der Waals surface area contributed by atoms with Crippen LogP contribution in [0, 0.1) is 0 Å². The Morgan fingerprint density at radius 1 is 1.08 bits per heavy atom. The summed E-state index contributed by atoms with van der Waals surface area (Å²) in [6.45, 7) is 0. The van der Waals surface area contributed by atoms with E-state index in [1.54, 1.807) is 27.7 Å². The van der Waals surface area contributed by atoms with E-state index in [1.165, 1.54) is 23.3 Å². The minimum atomic E-state index is 0.0261. The summed E-state index contributed by atoms with van der Waals surface area (Å²) in [5.74, 6) is 0.592. The summed E-state index contributed by atoms with van der Waals surface area (Å²) in [6, 6.07) is 9.75. The van der Waals surface area contributed by atoms with E-state index in [2.05, 4.69) is 14.6 Å². The van der Waals surface area contributed by atoms with Gasteiger partial charge in [-0.15, -0.1) is 21.5 Å². The molecule has 0 saturated carbocycles. The Bertz CT molecular complexity index is 1170. The molecule has 0 bridgehead atoms. The molecule has 1 aliphatic carbocycles. The van der Waals surface area contributed by atoms with Gasteiger partial charge in [0.25, 0.3) is 5.56 Å². The van der Waals surface area contributed by atoms with Crippen molar-refractivity contribution in [3.8, 4) is 5.69 Å². The van der Waals surface area contributed by atoms with Crippen LogP contribution in [0.5, 0.6) is 0 Å². The summed E-state index contributed by atoms with van der Waals surface area (Å²) in [7, 11) is 0. The van der Waals surface area contributed by atoms with Gasteiger partial charge in [-0.2, -0.15) is 0 Å². The predicted molar refractivity (Wildman–Crippen MR) is 107 cm³/mol. The standard InChI is InChI=1S/C19H18N4OS2/c1-25-19-21-20-18-22(12-8-4-2-5-9-12)16(24)15-13-10-6-3-7-11-14(13)26-17(15)23(18)19/h2,4-5,8-9H,3,6-7,10-11H2,1H3. The highest BCUT2D eigenvalue weighted by Gasteiger charge is 2.24. The van der Waals surface area contributed by atoms with Crippen molar-refractivity contribution in [2.45, 2.75) is 37.3 Å². The lowest BCUT2D eigenvalue weighted by Gasteiger charge is -2.09. The second-order valence-electron chi connectivity index (χ2n) is 6.54. The normalized spacial score (nSPS) is 14.7. The molecule has 4 aromatic rings. The maximum Gasteiger partial charge on any atom is 0.268 e. The maximum absolute atomic E-state index is 13.6. The number of thioether (sulfide) groups is 1. The van der Waals surface area contributed by atoms with Crippen LogP contribution >= 0.6 is 23.1 Å². The molecule has 0 aliphatic heterocycles. The van der Waals surface area contributed by atoms with Crippen LogP contribution < -0.4 is 5.56 Å². The number of nitrogens with zero attached hydrogens (tertiary/aromatic N) is 4. The summed E-state index contributed by atoms with van der Waals surface area (Å²) in [6.07, 6.45) is 7.64. The average molecular weight is 383 g/mol. The number of rotatable bonds is 2. The Hall–Kier alpha value is -2.12. The topological polar surface area (TPSA) is 52.2 Å². The number of aryl methyl sites for hydroxylation is 2. The molecular formula is C19H18N4OS2. The molecule has 26 heavy (non-hydrogen) atoms. The van der Waals surface area contributed by atoms with E-state index < -0.39 is 0 Å². The van der Waals surface area contributed by atoms with Crippen LogP contribution in [-0.4, -0.2) is 25.4 Å². The first-order chi connectivity index (χ1) is 12.8. The Balaban J connectivity index is 1.98. The molecule has 0 atom stereocenters. The van der Waals surface area contributed by atoms with E-state index in [0.717, 1.165) is 40.3 Å². The fraction of sp³-hybridized carbons (Fsp3) is 0.316. The van der Waals surface area contributed by atoms with Gasteiger partial charge in [0.2, 0.25) is 5.78 Å². The van der Waals surface area contributed by atoms with E-state index in [0.29, 0.717) is 5.78 Å². The molecule has 7 heteroatoms. The Kier molecular flexibility index (Phi) is 3.86. The molecule has 3 aromatic heterocycles. The van der Waals surface area contributed by atoms with Gasteiger partial charge in [-0.05, 0) is 49.6 Å². The number of hydrogen-bond donors (Lipinski definition) is 0. The largest absolute Gasteiger partial charge is 0.268 e. The highest BCUT2D eigenvalue weighted by molar-refractivity contribution is 7.98. The van der Waals surface area contributed by atoms with Gasteiger partial charge < -0.3 is 0 Å². The van der Waals surface area contributed by atoms with Crippen molar-refractivity contribution in [1.29, 1.82) is 0 Å². The van der Waals surface area contributed by atoms with E-state index in [1.807, 2.05) is 36.6 Å². The predicted octanol–water partition coefficient (Wildman–Crippen LogP) is 4.09. The van der Waals surface area contributed by atoms with Crippen molar-refractivity contribution in [3.05, 3.63) is 51.1 Å². The van der Waals surface area contributed by atoms with Gasteiger partial charge in [0.05, 0.1) is 11.1 Å². The fourth-order valence-corrected chi connectivity index (χ4v) is 5.75. The molecule has 0 N–H and O–H groups in total. The summed E-state index contributed by atoms with van der Waals surface area (Å²) in [4.78, 5) is 15.9. The first-order valence-electron chi connectivity index (χ1n) is 8.83. The van der Waals surface area contributed by atoms with Crippen molar-refractivity contribution in [2.24, 2.45) is 0 Å². The van der Waals surface area contributed by atoms with Crippen LogP contribution in [0.15, 0.2) is 40.3 Å². The molecule has 0 radical (unpaired) electrons. The van der Waals surface area contributed by atoms with Crippen molar-refractivity contribution < 1.29 is 0 Å². The molecule has 5 rings (SSSR count). The van der Waals surface area contributed by atoms with Crippen molar-refractivity contribution in [2.75, 3.05) is 6.26 Å². The van der Waals surface area contributed by atoms with E-state index in [-0.39, 0.29) is 5.56 Å². The molecule has 1 aromatic carbocycles. The van der Waals surface area contributed by atoms with E-state index in [4.69, 9.17) is 0 Å². The second-order valence-corrected chi connectivity index (χ2v) is 8.40. The molecule has 132 valence electrons. The average Bonchev–Trinajstić information content (AvgIpc) is 3.17. The van der Waals surface area contributed by atoms with Crippen molar-refractivity contribution >= 4 is 39.1 Å². The van der Waals surface area contributed by atoms with Gasteiger partial charge in [-0.25, -0.2) is 8.97 Å². The third-order valence-electron chi connectivity index (χ3n) is 5.04. The zero-order chi connectivity index (χ0) is 17.7. The summed E-state index contributed by atoms with van der Waals surface area (Å²) < 4.78 is 3.78. The zero-order valence-corrected chi connectivity index (χ0v) is 16.1. The zero-order valence-electron chi connectivity index (χ0n) is 14.4. The quantitative estimate of drug-likeness (QED) is 0.387. The molecule has 0 saturated heterocycles. The summed E-state index contributed by atoms with van der Waals surface area (Å²) in [5.41, 5.74) is 2.11. The lowest BCUT2D eigenvalue weighted by Crippen LogP contribution is -2.22. The highest BCUT2D eigenvalue weighted by Crippen LogP contribution is 2.35. The number of para-hydroxylation sites is 1. The monoisotopic (exact) mass is 382 g/mol. The van der Waals surface area contributed by atoms with Gasteiger partial charge in [-0.1, -0.05) is 36.4 Å². The lowest BCUT2D eigenvalue weighted by molar-refractivity contribution is 0.713. The second kappa shape index (κ2) is 6.25. The first-order valence-corrected chi connectivity index (χ1v) is 10.9. The van der Waals surface area contributed by atoms with Gasteiger partial charge in [0.1, 0.15) is 4.83 Å². The van der Waals surface area contributed by atoms with Gasteiger partial charge in [-0.3, -0.25) is 4.79 Å². The van der Waals surface area contributed by atoms with E-state index >= 15 is 0 Å². The van der Waals surface area contributed by atoms with Gasteiger partial charge >= 0.3 is 0 Å². The van der Waals surface area contributed by atoms with Gasteiger partial charge in [0, 0.05) is 4.88 Å². The lowest BCUT2D eigenvalue weighted by atomic mass is 10.1. The van der Waals surface area contributed by atoms with Crippen molar-refractivity contribution in [1.82, 2.24) is 19.2 Å². The Morgan fingerprint density at radius 3 is 2.69 bits per heavy atom. The molecule has 0 unspecified atom stereocenters. The molecule has 0 spiro atoms.